The summed E-state index contributed by atoms with van der Waals surface area (Å²) in [5.41, 5.74) is 5.82. The largest absolute Gasteiger partial charge is 0.355 e. The highest BCUT2D eigenvalue weighted by atomic mass is 16.2. The zero-order chi connectivity index (χ0) is 14.1. The van der Waals surface area contributed by atoms with E-state index in [2.05, 4.69) is 31.1 Å². The summed E-state index contributed by atoms with van der Waals surface area (Å²) in [6.07, 6.45) is 4.23. The molecule has 19 heavy (non-hydrogen) atoms. The van der Waals surface area contributed by atoms with Gasteiger partial charge in [0.15, 0.2) is 0 Å². The van der Waals surface area contributed by atoms with Crippen LogP contribution in [-0.2, 0) is 4.79 Å². The van der Waals surface area contributed by atoms with Crippen LogP contribution in [0.2, 0.25) is 0 Å². The Hall–Kier alpha value is -0.610. The van der Waals surface area contributed by atoms with Crippen molar-refractivity contribution in [3.8, 4) is 0 Å². The minimum Gasteiger partial charge on any atom is -0.355 e. The van der Waals surface area contributed by atoms with Crippen LogP contribution in [0, 0.1) is 16.7 Å². The molecule has 110 valence electrons. The first-order valence-corrected chi connectivity index (χ1v) is 7.56. The Labute approximate surface area is 117 Å². The SMILES string of the molecule is CC1CC(CN)(C(=O)NCC2(C)CCN(C)CC2)C1. The Bertz CT molecular complexity index is 328. The third-order valence-electron chi connectivity index (χ3n) is 5.22. The highest BCUT2D eigenvalue weighted by molar-refractivity contribution is 5.84. The first-order chi connectivity index (χ1) is 8.89. The molecular formula is C15H29N3O. The van der Waals surface area contributed by atoms with Crippen LogP contribution in [0.1, 0.15) is 39.5 Å². The number of amides is 1. The Morgan fingerprint density at radius 2 is 1.95 bits per heavy atom. The van der Waals surface area contributed by atoms with Gasteiger partial charge in [0.25, 0.3) is 0 Å². The van der Waals surface area contributed by atoms with Crippen molar-refractivity contribution in [2.24, 2.45) is 22.5 Å². The zero-order valence-electron chi connectivity index (χ0n) is 12.7. The average Bonchev–Trinajstić information content (AvgIpc) is 2.36. The van der Waals surface area contributed by atoms with E-state index in [0.29, 0.717) is 12.5 Å². The number of hydrogen-bond donors (Lipinski definition) is 2. The van der Waals surface area contributed by atoms with Gasteiger partial charge in [0.1, 0.15) is 0 Å². The van der Waals surface area contributed by atoms with E-state index in [-0.39, 0.29) is 16.7 Å². The average molecular weight is 267 g/mol. The van der Waals surface area contributed by atoms with Gasteiger partial charge in [0, 0.05) is 13.1 Å². The fourth-order valence-electron chi connectivity index (χ4n) is 3.54. The van der Waals surface area contributed by atoms with Crippen molar-refractivity contribution in [2.45, 2.75) is 39.5 Å². The quantitative estimate of drug-likeness (QED) is 0.805. The number of carbonyl (C=O) groups excluding carboxylic acids is 1. The first-order valence-electron chi connectivity index (χ1n) is 7.56. The Morgan fingerprint density at radius 3 is 2.42 bits per heavy atom. The van der Waals surface area contributed by atoms with Crippen molar-refractivity contribution >= 4 is 5.91 Å². The molecule has 3 N–H and O–H groups in total. The van der Waals surface area contributed by atoms with Gasteiger partial charge in [-0.2, -0.15) is 0 Å². The third-order valence-corrected chi connectivity index (χ3v) is 5.22. The van der Waals surface area contributed by atoms with E-state index in [4.69, 9.17) is 5.73 Å². The van der Waals surface area contributed by atoms with Gasteiger partial charge in [-0.05, 0) is 57.2 Å². The van der Waals surface area contributed by atoms with Crippen molar-refractivity contribution in [3.05, 3.63) is 0 Å². The fraction of sp³-hybridized carbons (Fsp3) is 0.933. The molecule has 0 atom stereocenters. The smallest absolute Gasteiger partial charge is 0.227 e. The summed E-state index contributed by atoms with van der Waals surface area (Å²) >= 11 is 0. The van der Waals surface area contributed by atoms with Gasteiger partial charge < -0.3 is 16.0 Å². The second-order valence-electron chi connectivity index (χ2n) is 7.29. The van der Waals surface area contributed by atoms with Crippen molar-refractivity contribution < 1.29 is 4.79 Å². The predicted octanol–water partition coefficient (Wildman–Crippen LogP) is 1.21. The van der Waals surface area contributed by atoms with Crippen LogP contribution in [0.15, 0.2) is 0 Å². The standard InChI is InChI=1S/C15H29N3O/c1-12-8-15(9-12,10-16)13(19)17-11-14(2)4-6-18(3)7-5-14/h12H,4-11,16H2,1-3H3,(H,17,19). The van der Waals surface area contributed by atoms with Gasteiger partial charge in [-0.3, -0.25) is 4.79 Å². The number of nitrogens with two attached hydrogens (primary N) is 1. The molecule has 0 bridgehead atoms. The molecule has 1 aliphatic carbocycles. The number of hydrogen-bond acceptors (Lipinski definition) is 3. The molecule has 1 heterocycles. The number of carbonyl (C=O) groups is 1. The molecule has 4 heteroatoms. The maximum Gasteiger partial charge on any atom is 0.227 e. The summed E-state index contributed by atoms with van der Waals surface area (Å²) in [7, 11) is 2.16. The van der Waals surface area contributed by atoms with E-state index in [1.54, 1.807) is 0 Å². The lowest BCUT2D eigenvalue weighted by atomic mass is 9.62. The molecule has 0 aromatic heterocycles. The molecule has 2 rings (SSSR count). The summed E-state index contributed by atoms with van der Waals surface area (Å²) in [6, 6.07) is 0. The number of rotatable bonds is 4. The molecule has 1 saturated carbocycles. The highest BCUT2D eigenvalue weighted by Gasteiger charge is 2.47. The molecule has 0 radical (unpaired) electrons. The molecule has 0 aromatic carbocycles. The highest BCUT2D eigenvalue weighted by Crippen LogP contribution is 2.45. The van der Waals surface area contributed by atoms with Crippen LogP contribution in [0.3, 0.4) is 0 Å². The van der Waals surface area contributed by atoms with Gasteiger partial charge in [-0.1, -0.05) is 13.8 Å². The van der Waals surface area contributed by atoms with E-state index in [0.717, 1.165) is 45.3 Å². The summed E-state index contributed by atoms with van der Waals surface area (Å²) in [4.78, 5) is 14.7. The summed E-state index contributed by atoms with van der Waals surface area (Å²) in [6.45, 7) is 8.04. The topological polar surface area (TPSA) is 58.4 Å². The lowest BCUT2D eigenvalue weighted by molar-refractivity contribution is -0.138. The lowest BCUT2D eigenvalue weighted by Crippen LogP contribution is -2.55. The molecule has 0 aromatic rings. The predicted molar refractivity (Wildman–Crippen MR) is 77.7 cm³/mol. The summed E-state index contributed by atoms with van der Waals surface area (Å²) in [5, 5.41) is 3.18. The lowest BCUT2D eigenvalue weighted by Gasteiger charge is -2.45. The third kappa shape index (κ3) is 3.11. The molecule has 1 amide bonds. The molecule has 4 nitrogen and oxygen atoms in total. The van der Waals surface area contributed by atoms with Crippen LogP contribution in [0.5, 0.6) is 0 Å². The first kappa shape index (κ1) is 14.8. The van der Waals surface area contributed by atoms with Gasteiger partial charge in [0.2, 0.25) is 5.91 Å². The number of nitrogens with zero attached hydrogens (tertiary/aromatic N) is 1. The summed E-state index contributed by atoms with van der Waals surface area (Å²) in [5.74, 6) is 0.835. The van der Waals surface area contributed by atoms with Gasteiger partial charge in [-0.25, -0.2) is 0 Å². The van der Waals surface area contributed by atoms with Crippen LogP contribution in [0.4, 0.5) is 0 Å². The monoisotopic (exact) mass is 267 g/mol. The number of piperidine rings is 1. The second-order valence-corrected chi connectivity index (χ2v) is 7.29. The molecule has 0 unspecified atom stereocenters. The number of likely N-dealkylation sites (tertiary alicyclic amines) is 1. The van der Waals surface area contributed by atoms with E-state index in [9.17, 15) is 4.79 Å². The summed E-state index contributed by atoms with van der Waals surface area (Å²) < 4.78 is 0. The van der Waals surface area contributed by atoms with Gasteiger partial charge >= 0.3 is 0 Å². The normalized spacial score (nSPS) is 34.6. The van der Waals surface area contributed by atoms with Gasteiger partial charge in [-0.15, -0.1) is 0 Å². The molecule has 2 aliphatic rings. The van der Waals surface area contributed by atoms with Crippen molar-refractivity contribution in [3.63, 3.8) is 0 Å². The van der Waals surface area contributed by atoms with Crippen LogP contribution in [-0.4, -0.2) is 44.0 Å². The van der Waals surface area contributed by atoms with Gasteiger partial charge in [0.05, 0.1) is 5.41 Å². The fourth-order valence-corrected chi connectivity index (χ4v) is 3.54. The minimum atomic E-state index is -0.263. The molecule has 1 aliphatic heterocycles. The molecule has 0 spiro atoms. The van der Waals surface area contributed by atoms with E-state index in [1.807, 2.05) is 0 Å². The minimum absolute atomic E-state index is 0.188. The van der Waals surface area contributed by atoms with Crippen molar-refractivity contribution in [2.75, 3.05) is 33.2 Å². The zero-order valence-corrected chi connectivity index (χ0v) is 12.7. The van der Waals surface area contributed by atoms with Crippen LogP contribution >= 0.6 is 0 Å². The van der Waals surface area contributed by atoms with Crippen molar-refractivity contribution in [1.82, 2.24) is 10.2 Å². The molecular weight excluding hydrogens is 238 g/mol. The Balaban J connectivity index is 1.83. The van der Waals surface area contributed by atoms with E-state index >= 15 is 0 Å². The maximum absolute atomic E-state index is 12.4. The molecule has 1 saturated heterocycles. The second kappa shape index (κ2) is 5.41. The van der Waals surface area contributed by atoms with Crippen LogP contribution in [0.25, 0.3) is 0 Å². The maximum atomic E-state index is 12.4. The van der Waals surface area contributed by atoms with E-state index in [1.165, 1.54) is 0 Å². The Morgan fingerprint density at radius 1 is 1.37 bits per heavy atom. The van der Waals surface area contributed by atoms with Crippen molar-refractivity contribution in [1.29, 1.82) is 0 Å². The molecule has 2 fully saturated rings. The Kier molecular flexibility index (Phi) is 4.21. The van der Waals surface area contributed by atoms with E-state index < -0.39 is 0 Å². The number of nitrogens with one attached hydrogen (secondary N) is 1. The van der Waals surface area contributed by atoms with Crippen LogP contribution < -0.4 is 11.1 Å².